The number of anilines is 1. The van der Waals surface area contributed by atoms with Crippen molar-refractivity contribution in [2.24, 2.45) is 5.92 Å². The summed E-state index contributed by atoms with van der Waals surface area (Å²) < 4.78 is 0.904. The first-order valence-electron chi connectivity index (χ1n) is 4.43. The van der Waals surface area contributed by atoms with Gasteiger partial charge in [0.2, 0.25) is 5.95 Å². The highest BCUT2D eigenvalue weighted by molar-refractivity contribution is 9.10. The lowest BCUT2D eigenvalue weighted by Gasteiger charge is -2.09. The maximum absolute atomic E-state index is 4.12. The van der Waals surface area contributed by atoms with Gasteiger partial charge in [-0.2, -0.15) is 0 Å². The lowest BCUT2D eigenvalue weighted by Crippen LogP contribution is -2.12. The van der Waals surface area contributed by atoms with Crippen molar-refractivity contribution < 1.29 is 0 Å². The second kappa shape index (κ2) is 5.17. The molecule has 0 aliphatic heterocycles. The van der Waals surface area contributed by atoms with Gasteiger partial charge in [-0.15, -0.1) is 0 Å². The van der Waals surface area contributed by atoms with Gasteiger partial charge >= 0.3 is 0 Å². The van der Waals surface area contributed by atoms with Gasteiger partial charge in [0.1, 0.15) is 0 Å². The molecule has 1 aromatic rings. The van der Waals surface area contributed by atoms with Crippen LogP contribution in [0.15, 0.2) is 16.9 Å². The van der Waals surface area contributed by atoms with Crippen LogP contribution in [0.25, 0.3) is 0 Å². The normalized spacial score (nSPS) is 12.5. The lowest BCUT2D eigenvalue weighted by molar-refractivity contribution is 0.591. The van der Waals surface area contributed by atoms with Crippen LogP contribution in [0.4, 0.5) is 5.95 Å². The van der Waals surface area contributed by atoms with E-state index in [1.54, 1.807) is 12.4 Å². The summed E-state index contributed by atoms with van der Waals surface area (Å²) in [6, 6.07) is 0. The molecule has 0 amide bonds. The summed E-state index contributed by atoms with van der Waals surface area (Å²) in [4.78, 5) is 8.23. The molecule has 4 heteroatoms. The van der Waals surface area contributed by atoms with E-state index < -0.39 is 0 Å². The topological polar surface area (TPSA) is 37.8 Å². The van der Waals surface area contributed by atoms with Gasteiger partial charge in [0.15, 0.2) is 0 Å². The monoisotopic (exact) mass is 243 g/mol. The molecule has 0 aliphatic rings. The molecule has 0 spiro atoms. The Labute approximate surface area is 87.1 Å². The minimum absolute atomic E-state index is 0.659. The number of nitrogens with one attached hydrogen (secondary N) is 1. The molecule has 72 valence electrons. The van der Waals surface area contributed by atoms with Crippen molar-refractivity contribution in [2.45, 2.75) is 20.3 Å². The zero-order chi connectivity index (χ0) is 9.68. The number of hydrogen-bond donors (Lipinski definition) is 1. The molecule has 3 nitrogen and oxygen atoms in total. The van der Waals surface area contributed by atoms with Gasteiger partial charge in [-0.1, -0.05) is 20.3 Å². The number of hydrogen-bond acceptors (Lipinski definition) is 3. The van der Waals surface area contributed by atoms with Crippen LogP contribution in [0.3, 0.4) is 0 Å². The smallest absolute Gasteiger partial charge is 0.222 e. The fourth-order valence-electron chi connectivity index (χ4n) is 0.813. The minimum Gasteiger partial charge on any atom is -0.354 e. The molecular formula is C9H14BrN3. The van der Waals surface area contributed by atoms with Crippen molar-refractivity contribution in [2.75, 3.05) is 11.9 Å². The van der Waals surface area contributed by atoms with E-state index >= 15 is 0 Å². The number of nitrogens with zero attached hydrogens (tertiary/aromatic N) is 2. The van der Waals surface area contributed by atoms with Gasteiger partial charge in [-0.3, -0.25) is 0 Å². The highest BCUT2D eigenvalue weighted by Crippen LogP contribution is 2.07. The van der Waals surface area contributed by atoms with Crippen LogP contribution >= 0.6 is 15.9 Å². The molecule has 0 radical (unpaired) electrons. The van der Waals surface area contributed by atoms with E-state index in [1.165, 1.54) is 6.42 Å². The number of rotatable bonds is 4. The zero-order valence-corrected chi connectivity index (χ0v) is 9.50. The molecular weight excluding hydrogens is 230 g/mol. The Morgan fingerprint density at radius 1 is 1.46 bits per heavy atom. The van der Waals surface area contributed by atoms with Gasteiger partial charge in [-0.25, -0.2) is 9.97 Å². The van der Waals surface area contributed by atoms with E-state index in [0.29, 0.717) is 11.9 Å². The molecule has 0 saturated carbocycles. The first-order chi connectivity index (χ1) is 6.22. The van der Waals surface area contributed by atoms with Crippen LogP contribution in [0.5, 0.6) is 0 Å². The van der Waals surface area contributed by atoms with Gasteiger partial charge in [0, 0.05) is 18.9 Å². The standard InChI is InChI=1S/C9H14BrN3/c1-3-7(2)4-11-9-12-5-8(10)6-13-9/h5-7H,3-4H2,1-2H3,(H,11,12,13). The Bertz CT molecular complexity index is 248. The molecule has 1 aromatic heterocycles. The van der Waals surface area contributed by atoms with Crippen molar-refractivity contribution in [3.8, 4) is 0 Å². The van der Waals surface area contributed by atoms with E-state index in [9.17, 15) is 0 Å². The second-order valence-corrected chi connectivity index (χ2v) is 4.03. The van der Waals surface area contributed by atoms with Crippen LogP contribution in [0.1, 0.15) is 20.3 Å². The van der Waals surface area contributed by atoms with Crippen LogP contribution in [-0.2, 0) is 0 Å². The van der Waals surface area contributed by atoms with Gasteiger partial charge in [0.05, 0.1) is 4.47 Å². The summed E-state index contributed by atoms with van der Waals surface area (Å²) in [5.41, 5.74) is 0. The largest absolute Gasteiger partial charge is 0.354 e. The molecule has 1 N–H and O–H groups in total. The average molecular weight is 244 g/mol. The first-order valence-corrected chi connectivity index (χ1v) is 5.23. The van der Waals surface area contributed by atoms with E-state index in [2.05, 4.69) is 45.1 Å². The third-order valence-electron chi connectivity index (χ3n) is 1.93. The molecule has 0 aliphatic carbocycles. The van der Waals surface area contributed by atoms with Crippen molar-refractivity contribution in [1.29, 1.82) is 0 Å². The molecule has 0 aromatic carbocycles. The summed E-state index contributed by atoms with van der Waals surface area (Å²) in [5, 5.41) is 3.18. The fraction of sp³-hybridized carbons (Fsp3) is 0.556. The molecule has 1 rings (SSSR count). The van der Waals surface area contributed by atoms with Crippen molar-refractivity contribution >= 4 is 21.9 Å². The predicted molar refractivity (Wildman–Crippen MR) is 57.7 cm³/mol. The van der Waals surface area contributed by atoms with E-state index in [1.807, 2.05) is 0 Å². The Balaban J connectivity index is 2.41. The zero-order valence-electron chi connectivity index (χ0n) is 7.92. The maximum Gasteiger partial charge on any atom is 0.222 e. The van der Waals surface area contributed by atoms with E-state index in [0.717, 1.165) is 11.0 Å². The lowest BCUT2D eigenvalue weighted by atomic mass is 10.1. The van der Waals surface area contributed by atoms with E-state index in [4.69, 9.17) is 0 Å². The average Bonchev–Trinajstić information content (AvgIpc) is 2.16. The fourth-order valence-corrected chi connectivity index (χ4v) is 1.02. The predicted octanol–water partition coefficient (Wildman–Crippen LogP) is 2.70. The van der Waals surface area contributed by atoms with Gasteiger partial charge < -0.3 is 5.32 Å². The summed E-state index contributed by atoms with van der Waals surface area (Å²) in [6.45, 7) is 5.30. The third-order valence-corrected chi connectivity index (χ3v) is 2.34. The number of aromatic nitrogens is 2. The Morgan fingerprint density at radius 3 is 2.62 bits per heavy atom. The summed E-state index contributed by atoms with van der Waals surface area (Å²) in [7, 11) is 0. The molecule has 1 atom stereocenters. The molecule has 0 saturated heterocycles. The SMILES string of the molecule is CCC(C)CNc1ncc(Br)cn1. The van der Waals surface area contributed by atoms with Crippen molar-refractivity contribution in [3.63, 3.8) is 0 Å². The highest BCUT2D eigenvalue weighted by atomic mass is 79.9. The maximum atomic E-state index is 4.12. The van der Waals surface area contributed by atoms with Crippen LogP contribution in [-0.4, -0.2) is 16.5 Å². The van der Waals surface area contributed by atoms with Gasteiger partial charge in [0.25, 0.3) is 0 Å². The van der Waals surface area contributed by atoms with Crippen LogP contribution in [0, 0.1) is 5.92 Å². The van der Waals surface area contributed by atoms with Crippen molar-refractivity contribution in [3.05, 3.63) is 16.9 Å². The second-order valence-electron chi connectivity index (χ2n) is 3.12. The first kappa shape index (κ1) is 10.4. The molecule has 0 bridgehead atoms. The summed E-state index contributed by atoms with van der Waals surface area (Å²) >= 11 is 3.29. The Kier molecular flexibility index (Phi) is 4.15. The quantitative estimate of drug-likeness (QED) is 0.884. The Morgan fingerprint density at radius 2 is 2.08 bits per heavy atom. The van der Waals surface area contributed by atoms with Crippen molar-refractivity contribution in [1.82, 2.24) is 9.97 Å². The van der Waals surface area contributed by atoms with Crippen LogP contribution in [0.2, 0.25) is 0 Å². The Hall–Kier alpha value is -0.640. The third kappa shape index (κ3) is 3.72. The van der Waals surface area contributed by atoms with Gasteiger partial charge in [-0.05, 0) is 21.8 Å². The summed E-state index contributed by atoms with van der Waals surface area (Å²) in [6.07, 6.45) is 4.65. The molecule has 1 unspecified atom stereocenters. The number of halogens is 1. The molecule has 13 heavy (non-hydrogen) atoms. The molecule has 1 heterocycles. The minimum atomic E-state index is 0.659. The summed E-state index contributed by atoms with van der Waals surface area (Å²) in [5.74, 6) is 1.36. The van der Waals surface area contributed by atoms with E-state index in [-0.39, 0.29) is 0 Å². The highest BCUT2D eigenvalue weighted by Gasteiger charge is 1.99. The molecule has 0 fully saturated rings. The van der Waals surface area contributed by atoms with Crippen LogP contribution < -0.4 is 5.32 Å².